The van der Waals surface area contributed by atoms with Crippen LogP contribution >= 0.6 is 0 Å². The van der Waals surface area contributed by atoms with Crippen molar-refractivity contribution in [2.45, 2.75) is 27.2 Å². The topological polar surface area (TPSA) is 78.4 Å². The fraction of sp³-hybridized carbons (Fsp3) is 0.467. The van der Waals surface area contributed by atoms with E-state index in [1.165, 1.54) is 6.07 Å². The van der Waals surface area contributed by atoms with Gasteiger partial charge in [0, 0.05) is 30.6 Å². The van der Waals surface area contributed by atoms with Crippen LogP contribution in [0.1, 0.15) is 36.2 Å². The Morgan fingerprint density at radius 1 is 1.25 bits per heavy atom. The van der Waals surface area contributed by atoms with Crippen molar-refractivity contribution in [1.82, 2.24) is 10.6 Å². The van der Waals surface area contributed by atoms with E-state index in [9.17, 15) is 14.7 Å². The summed E-state index contributed by atoms with van der Waals surface area (Å²) in [4.78, 5) is 23.4. The highest BCUT2D eigenvalue weighted by atomic mass is 16.3. The second-order valence-corrected chi connectivity index (χ2v) is 5.15. The zero-order chi connectivity index (χ0) is 15.1. The molecule has 0 aliphatic rings. The molecular weight excluding hydrogens is 256 g/mol. The Balaban J connectivity index is 2.40. The quantitative estimate of drug-likeness (QED) is 0.739. The SMILES string of the molecule is Cc1c(O)cccc1C(=O)NCCC(=O)NCC(C)C. The van der Waals surface area contributed by atoms with E-state index in [2.05, 4.69) is 10.6 Å². The average molecular weight is 278 g/mol. The number of phenolic OH excluding ortho intramolecular Hbond substituents is 1. The van der Waals surface area contributed by atoms with Crippen molar-refractivity contribution in [1.29, 1.82) is 0 Å². The lowest BCUT2D eigenvalue weighted by atomic mass is 10.1. The third-order valence-electron chi connectivity index (χ3n) is 2.89. The maximum atomic E-state index is 11.9. The minimum atomic E-state index is -0.282. The Bertz CT molecular complexity index is 484. The molecule has 0 saturated heterocycles. The summed E-state index contributed by atoms with van der Waals surface area (Å²) in [5.41, 5.74) is 0.960. The maximum Gasteiger partial charge on any atom is 0.251 e. The second kappa shape index (κ2) is 7.53. The van der Waals surface area contributed by atoms with Crippen LogP contribution in [-0.2, 0) is 4.79 Å². The van der Waals surface area contributed by atoms with Crippen LogP contribution in [0.2, 0.25) is 0 Å². The summed E-state index contributed by atoms with van der Waals surface area (Å²) in [5, 5.41) is 15.0. The van der Waals surface area contributed by atoms with Gasteiger partial charge in [-0.3, -0.25) is 9.59 Å². The van der Waals surface area contributed by atoms with Crippen molar-refractivity contribution < 1.29 is 14.7 Å². The van der Waals surface area contributed by atoms with E-state index in [1.54, 1.807) is 19.1 Å². The van der Waals surface area contributed by atoms with Crippen LogP contribution in [0, 0.1) is 12.8 Å². The molecule has 5 heteroatoms. The fourth-order valence-electron chi connectivity index (χ4n) is 1.66. The Kier molecular flexibility index (Phi) is 6.03. The summed E-state index contributed by atoms with van der Waals surface area (Å²) in [7, 11) is 0. The number of aromatic hydroxyl groups is 1. The predicted molar refractivity (Wildman–Crippen MR) is 77.6 cm³/mol. The van der Waals surface area contributed by atoms with Crippen LogP contribution in [0.25, 0.3) is 0 Å². The zero-order valence-electron chi connectivity index (χ0n) is 12.2. The molecule has 3 N–H and O–H groups in total. The monoisotopic (exact) mass is 278 g/mol. The van der Waals surface area contributed by atoms with E-state index in [-0.39, 0.29) is 30.5 Å². The summed E-state index contributed by atoms with van der Waals surface area (Å²) in [6.07, 6.45) is 0.246. The van der Waals surface area contributed by atoms with Gasteiger partial charge in [-0.05, 0) is 25.0 Å². The molecule has 0 heterocycles. The van der Waals surface area contributed by atoms with Gasteiger partial charge in [0.05, 0.1) is 0 Å². The van der Waals surface area contributed by atoms with Gasteiger partial charge in [0.2, 0.25) is 5.91 Å². The number of amides is 2. The minimum absolute atomic E-state index is 0.0772. The fourth-order valence-corrected chi connectivity index (χ4v) is 1.66. The van der Waals surface area contributed by atoms with Crippen molar-refractivity contribution in [3.8, 4) is 5.75 Å². The van der Waals surface area contributed by atoms with E-state index in [1.807, 2.05) is 13.8 Å². The molecule has 110 valence electrons. The molecule has 0 spiro atoms. The van der Waals surface area contributed by atoms with Crippen LogP contribution in [0.15, 0.2) is 18.2 Å². The van der Waals surface area contributed by atoms with E-state index >= 15 is 0 Å². The first-order valence-corrected chi connectivity index (χ1v) is 6.75. The van der Waals surface area contributed by atoms with Gasteiger partial charge < -0.3 is 15.7 Å². The molecule has 20 heavy (non-hydrogen) atoms. The van der Waals surface area contributed by atoms with Crippen LogP contribution in [-0.4, -0.2) is 30.0 Å². The number of hydrogen-bond donors (Lipinski definition) is 3. The molecule has 1 rings (SSSR count). The first-order valence-electron chi connectivity index (χ1n) is 6.75. The summed E-state index contributed by atoms with van der Waals surface area (Å²) in [6, 6.07) is 4.79. The summed E-state index contributed by atoms with van der Waals surface area (Å²) in [6.45, 7) is 6.63. The lowest BCUT2D eigenvalue weighted by Gasteiger charge is -2.10. The van der Waals surface area contributed by atoms with E-state index < -0.39 is 0 Å². The highest BCUT2D eigenvalue weighted by Gasteiger charge is 2.11. The molecule has 0 bridgehead atoms. The molecule has 0 aliphatic heterocycles. The normalized spacial score (nSPS) is 10.4. The third-order valence-corrected chi connectivity index (χ3v) is 2.89. The molecule has 1 aromatic carbocycles. The molecule has 0 fully saturated rings. The lowest BCUT2D eigenvalue weighted by Crippen LogP contribution is -2.32. The summed E-state index contributed by atoms with van der Waals surface area (Å²) in [5.74, 6) is 0.137. The maximum absolute atomic E-state index is 11.9. The minimum Gasteiger partial charge on any atom is -0.508 e. The van der Waals surface area contributed by atoms with Gasteiger partial charge in [-0.2, -0.15) is 0 Å². The Labute approximate surface area is 119 Å². The third kappa shape index (κ3) is 4.91. The molecule has 0 saturated carbocycles. The molecule has 0 aliphatic carbocycles. The standard InChI is InChI=1S/C15H22N2O3/c1-10(2)9-17-14(19)7-8-16-15(20)12-5-4-6-13(18)11(12)3/h4-6,10,18H,7-9H2,1-3H3,(H,16,20)(H,17,19). The molecule has 0 radical (unpaired) electrons. The van der Waals surface area contributed by atoms with Crippen LogP contribution in [0.3, 0.4) is 0 Å². The summed E-state index contributed by atoms with van der Waals surface area (Å²) < 4.78 is 0. The molecule has 2 amide bonds. The van der Waals surface area contributed by atoms with Crippen molar-refractivity contribution >= 4 is 11.8 Å². The van der Waals surface area contributed by atoms with Gasteiger partial charge in [-0.1, -0.05) is 19.9 Å². The van der Waals surface area contributed by atoms with Crippen LogP contribution in [0.4, 0.5) is 0 Å². The number of carbonyl (C=O) groups excluding carboxylic acids is 2. The average Bonchev–Trinajstić information content (AvgIpc) is 2.39. The Morgan fingerprint density at radius 2 is 1.95 bits per heavy atom. The predicted octanol–water partition coefficient (Wildman–Crippen LogP) is 1.59. The number of carbonyl (C=O) groups is 2. The number of hydrogen-bond acceptors (Lipinski definition) is 3. The highest BCUT2D eigenvalue weighted by molar-refractivity contribution is 5.96. The Hall–Kier alpha value is -2.04. The van der Waals surface area contributed by atoms with Gasteiger partial charge >= 0.3 is 0 Å². The number of phenols is 1. The van der Waals surface area contributed by atoms with E-state index in [0.29, 0.717) is 23.6 Å². The zero-order valence-corrected chi connectivity index (χ0v) is 12.2. The largest absolute Gasteiger partial charge is 0.508 e. The highest BCUT2D eigenvalue weighted by Crippen LogP contribution is 2.19. The smallest absolute Gasteiger partial charge is 0.251 e. The van der Waals surface area contributed by atoms with Gasteiger partial charge in [0.25, 0.3) is 5.91 Å². The first-order chi connectivity index (χ1) is 9.41. The molecule has 0 aromatic heterocycles. The van der Waals surface area contributed by atoms with Gasteiger partial charge in [0.1, 0.15) is 5.75 Å². The molecule has 1 aromatic rings. The molecule has 5 nitrogen and oxygen atoms in total. The van der Waals surface area contributed by atoms with Gasteiger partial charge in [0.15, 0.2) is 0 Å². The first kappa shape index (κ1) is 16.0. The Morgan fingerprint density at radius 3 is 2.60 bits per heavy atom. The van der Waals surface area contributed by atoms with Crippen molar-refractivity contribution in [2.75, 3.05) is 13.1 Å². The van der Waals surface area contributed by atoms with Crippen molar-refractivity contribution in [2.24, 2.45) is 5.92 Å². The van der Waals surface area contributed by atoms with Gasteiger partial charge in [-0.15, -0.1) is 0 Å². The van der Waals surface area contributed by atoms with Gasteiger partial charge in [-0.25, -0.2) is 0 Å². The van der Waals surface area contributed by atoms with Crippen LogP contribution in [0.5, 0.6) is 5.75 Å². The van der Waals surface area contributed by atoms with E-state index in [4.69, 9.17) is 0 Å². The van der Waals surface area contributed by atoms with Crippen molar-refractivity contribution in [3.63, 3.8) is 0 Å². The van der Waals surface area contributed by atoms with Crippen LogP contribution < -0.4 is 10.6 Å². The molecular formula is C15H22N2O3. The molecule has 0 atom stereocenters. The number of benzene rings is 1. The lowest BCUT2D eigenvalue weighted by molar-refractivity contribution is -0.121. The number of nitrogens with one attached hydrogen (secondary N) is 2. The number of rotatable bonds is 6. The molecule has 0 unspecified atom stereocenters. The van der Waals surface area contributed by atoms with E-state index in [0.717, 1.165) is 0 Å². The second-order valence-electron chi connectivity index (χ2n) is 5.15. The summed E-state index contributed by atoms with van der Waals surface area (Å²) >= 11 is 0. The van der Waals surface area contributed by atoms with Crippen molar-refractivity contribution in [3.05, 3.63) is 29.3 Å².